The highest BCUT2D eigenvalue weighted by Crippen LogP contribution is 2.37. The van der Waals surface area contributed by atoms with Crippen LogP contribution in [-0.4, -0.2) is 36.3 Å². The zero-order valence-electron chi connectivity index (χ0n) is 11.0. The number of rotatable bonds is 3. The van der Waals surface area contributed by atoms with Gasteiger partial charge in [-0.3, -0.25) is 4.79 Å². The summed E-state index contributed by atoms with van der Waals surface area (Å²) in [6.07, 6.45) is 0.349. The summed E-state index contributed by atoms with van der Waals surface area (Å²) in [6, 6.07) is 6.06. The lowest BCUT2D eigenvalue weighted by molar-refractivity contribution is -0.148. The molecule has 0 spiro atoms. The number of carbonyl (C=O) groups excluding carboxylic acids is 1. The van der Waals surface area contributed by atoms with Gasteiger partial charge < -0.3 is 14.5 Å². The van der Waals surface area contributed by atoms with Crippen LogP contribution in [0.15, 0.2) is 18.2 Å². The molecule has 0 amide bonds. The highest BCUT2D eigenvalue weighted by Gasteiger charge is 2.42. The van der Waals surface area contributed by atoms with E-state index in [1.807, 2.05) is 19.1 Å². The van der Waals surface area contributed by atoms with E-state index in [-0.39, 0.29) is 11.4 Å². The normalized spacial score (nSPS) is 17.2. The number of methoxy groups -OCH3 is 1. The van der Waals surface area contributed by atoms with Crippen molar-refractivity contribution in [1.29, 1.82) is 0 Å². The summed E-state index contributed by atoms with van der Waals surface area (Å²) in [5, 5.41) is 0. The van der Waals surface area contributed by atoms with Crippen LogP contribution in [0.25, 0.3) is 11.0 Å². The zero-order valence-corrected chi connectivity index (χ0v) is 11.0. The second kappa shape index (κ2) is 4.35. The van der Waals surface area contributed by atoms with E-state index < -0.39 is 0 Å². The van der Waals surface area contributed by atoms with Gasteiger partial charge >= 0.3 is 5.97 Å². The third kappa shape index (κ3) is 2.00. The number of nitrogens with one attached hydrogen (secondary N) is 1. The van der Waals surface area contributed by atoms with Crippen molar-refractivity contribution >= 4 is 17.0 Å². The molecule has 100 valence electrons. The van der Waals surface area contributed by atoms with Gasteiger partial charge in [0.15, 0.2) is 0 Å². The van der Waals surface area contributed by atoms with E-state index in [1.165, 1.54) is 7.11 Å². The van der Waals surface area contributed by atoms with Gasteiger partial charge in [-0.25, -0.2) is 4.98 Å². The lowest BCUT2D eigenvalue weighted by Crippen LogP contribution is -2.48. The van der Waals surface area contributed by atoms with Crippen LogP contribution in [0, 0.1) is 6.92 Å². The first-order valence-electron chi connectivity index (χ1n) is 6.24. The SMILES string of the molecule is COC(=O)CC1(c2ccc3nc(C)[nH]c3c2)COC1. The lowest BCUT2D eigenvalue weighted by Gasteiger charge is -2.41. The molecule has 1 fully saturated rings. The number of aromatic amines is 1. The smallest absolute Gasteiger partial charge is 0.306 e. The number of imidazole rings is 1. The third-order valence-corrected chi connectivity index (χ3v) is 3.68. The Morgan fingerprint density at radius 3 is 2.95 bits per heavy atom. The molecule has 0 saturated carbocycles. The van der Waals surface area contributed by atoms with Gasteiger partial charge in [-0.2, -0.15) is 0 Å². The van der Waals surface area contributed by atoms with Crippen LogP contribution < -0.4 is 0 Å². The number of aryl methyl sites for hydroxylation is 1. The fourth-order valence-electron chi connectivity index (χ4n) is 2.53. The molecule has 0 atom stereocenters. The predicted molar refractivity (Wildman–Crippen MR) is 70.0 cm³/mol. The maximum atomic E-state index is 11.6. The van der Waals surface area contributed by atoms with Gasteiger partial charge in [0, 0.05) is 0 Å². The number of H-pyrrole nitrogens is 1. The van der Waals surface area contributed by atoms with Crippen molar-refractivity contribution in [3.05, 3.63) is 29.6 Å². The van der Waals surface area contributed by atoms with E-state index in [2.05, 4.69) is 16.0 Å². The molecule has 5 nitrogen and oxygen atoms in total. The van der Waals surface area contributed by atoms with Gasteiger partial charge in [-0.1, -0.05) is 6.07 Å². The summed E-state index contributed by atoms with van der Waals surface area (Å²) in [5.41, 5.74) is 2.78. The Hall–Kier alpha value is -1.88. The lowest BCUT2D eigenvalue weighted by atomic mass is 9.76. The first kappa shape index (κ1) is 12.2. The van der Waals surface area contributed by atoms with Crippen LogP contribution in [0.1, 0.15) is 17.8 Å². The number of benzene rings is 1. The van der Waals surface area contributed by atoms with Crippen molar-refractivity contribution in [3.8, 4) is 0 Å². The van der Waals surface area contributed by atoms with Crippen molar-refractivity contribution < 1.29 is 14.3 Å². The molecule has 19 heavy (non-hydrogen) atoms. The molecule has 1 aromatic heterocycles. The minimum absolute atomic E-state index is 0.204. The summed E-state index contributed by atoms with van der Waals surface area (Å²) >= 11 is 0. The van der Waals surface area contributed by atoms with Gasteiger partial charge in [0.05, 0.1) is 43.2 Å². The highest BCUT2D eigenvalue weighted by molar-refractivity contribution is 5.77. The van der Waals surface area contributed by atoms with Gasteiger partial charge in [-0.15, -0.1) is 0 Å². The first-order valence-corrected chi connectivity index (χ1v) is 6.24. The third-order valence-electron chi connectivity index (χ3n) is 3.68. The first-order chi connectivity index (χ1) is 9.13. The molecule has 2 aromatic rings. The Balaban J connectivity index is 1.98. The minimum Gasteiger partial charge on any atom is -0.469 e. The van der Waals surface area contributed by atoms with Crippen LogP contribution in [0.5, 0.6) is 0 Å². The molecular weight excluding hydrogens is 244 g/mol. The van der Waals surface area contributed by atoms with Crippen LogP contribution in [0.2, 0.25) is 0 Å². The Labute approximate surface area is 110 Å². The quantitative estimate of drug-likeness (QED) is 0.853. The second-order valence-corrected chi connectivity index (χ2v) is 5.08. The maximum Gasteiger partial charge on any atom is 0.306 e. The topological polar surface area (TPSA) is 64.2 Å². The van der Waals surface area contributed by atoms with E-state index in [0.717, 1.165) is 22.4 Å². The molecule has 0 bridgehead atoms. The van der Waals surface area contributed by atoms with Crippen molar-refractivity contribution in [1.82, 2.24) is 9.97 Å². The van der Waals surface area contributed by atoms with Crippen LogP contribution >= 0.6 is 0 Å². The molecule has 0 radical (unpaired) electrons. The Morgan fingerprint density at radius 2 is 2.32 bits per heavy atom. The number of aromatic nitrogens is 2. The van der Waals surface area contributed by atoms with Crippen molar-refractivity contribution in [2.75, 3.05) is 20.3 Å². The number of esters is 1. The molecule has 1 aliphatic heterocycles. The molecule has 1 aromatic carbocycles. The van der Waals surface area contributed by atoms with Crippen LogP contribution in [0.4, 0.5) is 0 Å². The minimum atomic E-state index is -0.250. The van der Waals surface area contributed by atoms with E-state index in [1.54, 1.807) is 0 Å². The molecule has 2 heterocycles. The van der Waals surface area contributed by atoms with E-state index in [9.17, 15) is 4.79 Å². The second-order valence-electron chi connectivity index (χ2n) is 5.08. The number of nitrogens with zero attached hydrogens (tertiary/aromatic N) is 1. The Morgan fingerprint density at radius 1 is 1.53 bits per heavy atom. The number of ether oxygens (including phenoxy) is 2. The van der Waals surface area contributed by atoms with Gasteiger partial charge in [-0.05, 0) is 24.6 Å². The highest BCUT2D eigenvalue weighted by atomic mass is 16.5. The summed E-state index contributed by atoms with van der Waals surface area (Å²) in [7, 11) is 1.41. The molecule has 3 rings (SSSR count). The maximum absolute atomic E-state index is 11.6. The number of fused-ring (bicyclic) bond motifs is 1. The van der Waals surface area contributed by atoms with Crippen molar-refractivity contribution in [2.24, 2.45) is 0 Å². The average Bonchev–Trinajstić information content (AvgIpc) is 2.72. The van der Waals surface area contributed by atoms with Crippen molar-refractivity contribution in [2.45, 2.75) is 18.8 Å². The molecular formula is C14H16N2O3. The summed E-state index contributed by atoms with van der Waals surface area (Å²) in [4.78, 5) is 19.2. The van der Waals surface area contributed by atoms with Crippen molar-refractivity contribution in [3.63, 3.8) is 0 Å². The van der Waals surface area contributed by atoms with Gasteiger partial charge in [0.1, 0.15) is 5.82 Å². The molecule has 0 aliphatic carbocycles. The van der Waals surface area contributed by atoms with Gasteiger partial charge in [0.25, 0.3) is 0 Å². The monoisotopic (exact) mass is 260 g/mol. The Kier molecular flexibility index (Phi) is 2.78. The van der Waals surface area contributed by atoms with Crippen LogP contribution in [0.3, 0.4) is 0 Å². The standard InChI is InChI=1S/C14H16N2O3/c1-9-15-11-4-3-10(5-12(11)16-9)14(7-19-8-14)6-13(17)18-2/h3-5H,6-8H2,1-2H3,(H,15,16). The van der Waals surface area contributed by atoms with Gasteiger partial charge in [0.2, 0.25) is 0 Å². The number of carbonyl (C=O) groups is 1. The summed E-state index contributed by atoms with van der Waals surface area (Å²) < 4.78 is 10.1. The molecule has 0 unspecified atom stereocenters. The zero-order chi connectivity index (χ0) is 13.5. The predicted octanol–water partition coefficient (Wildman–Crippen LogP) is 1.70. The molecule has 1 aliphatic rings. The Bertz CT molecular complexity index is 629. The van der Waals surface area contributed by atoms with Crippen LogP contribution in [-0.2, 0) is 19.7 Å². The largest absolute Gasteiger partial charge is 0.469 e. The molecule has 1 saturated heterocycles. The fraction of sp³-hybridized carbons (Fsp3) is 0.429. The molecule has 1 N–H and O–H groups in total. The summed E-state index contributed by atoms with van der Waals surface area (Å²) in [6.45, 7) is 3.04. The number of hydrogen-bond donors (Lipinski definition) is 1. The van der Waals surface area contributed by atoms with E-state index >= 15 is 0 Å². The molecule has 5 heteroatoms. The summed E-state index contributed by atoms with van der Waals surface area (Å²) in [5.74, 6) is 0.684. The fourth-order valence-corrected chi connectivity index (χ4v) is 2.53. The average molecular weight is 260 g/mol. The van der Waals surface area contributed by atoms with E-state index in [4.69, 9.17) is 9.47 Å². The van der Waals surface area contributed by atoms with E-state index in [0.29, 0.717) is 19.6 Å². The number of hydrogen-bond acceptors (Lipinski definition) is 4.